The zero-order valence-electron chi connectivity index (χ0n) is 10.1. The molecule has 1 heterocycles. The van der Waals surface area contributed by atoms with E-state index in [0.717, 1.165) is 11.7 Å². The standard InChI is InChI=1S/C10H13N3O4S2/c1-17-6-7(14)5-11-19(15,16)9-4-2-3-8-10(9)13-18-12-8/h2-4,7,11,14H,5-6H2,1H3. The summed E-state index contributed by atoms with van der Waals surface area (Å²) in [6, 6.07) is 4.75. The Kier molecular flexibility index (Phi) is 4.42. The fraction of sp³-hybridized carbons (Fsp3) is 0.400. The number of methoxy groups -OCH3 is 1. The first-order valence-corrected chi connectivity index (χ1v) is 7.64. The minimum atomic E-state index is -3.73. The lowest BCUT2D eigenvalue weighted by Crippen LogP contribution is -2.34. The molecule has 0 bridgehead atoms. The van der Waals surface area contributed by atoms with Crippen LogP contribution in [0.1, 0.15) is 0 Å². The van der Waals surface area contributed by atoms with Crippen LogP contribution in [0.15, 0.2) is 23.1 Å². The molecule has 1 atom stereocenters. The van der Waals surface area contributed by atoms with E-state index in [1.54, 1.807) is 12.1 Å². The normalized spacial score (nSPS) is 13.8. The molecule has 0 amide bonds. The predicted molar refractivity (Wildman–Crippen MR) is 70.5 cm³/mol. The minimum Gasteiger partial charge on any atom is -0.389 e. The van der Waals surface area contributed by atoms with Gasteiger partial charge in [0.1, 0.15) is 15.9 Å². The zero-order valence-corrected chi connectivity index (χ0v) is 11.7. The number of aliphatic hydroxyl groups is 1. The van der Waals surface area contributed by atoms with Crippen molar-refractivity contribution in [2.45, 2.75) is 11.0 Å². The monoisotopic (exact) mass is 303 g/mol. The molecule has 0 spiro atoms. The number of fused-ring (bicyclic) bond motifs is 1. The Morgan fingerprint density at radius 3 is 3.00 bits per heavy atom. The molecule has 0 saturated carbocycles. The number of rotatable bonds is 6. The summed E-state index contributed by atoms with van der Waals surface area (Å²) in [5.41, 5.74) is 0.867. The quantitative estimate of drug-likeness (QED) is 0.777. The molecule has 2 aromatic rings. The largest absolute Gasteiger partial charge is 0.389 e. The Morgan fingerprint density at radius 2 is 2.26 bits per heavy atom. The number of sulfonamides is 1. The van der Waals surface area contributed by atoms with E-state index in [1.807, 2.05) is 0 Å². The molecule has 0 fully saturated rings. The lowest BCUT2D eigenvalue weighted by molar-refractivity contribution is 0.0679. The van der Waals surface area contributed by atoms with Gasteiger partial charge in [0.15, 0.2) is 0 Å². The van der Waals surface area contributed by atoms with E-state index < -0.39 is 16.1 Å². The molecule has 1 unspecified atom stereocenters. The maximum atomic E-state index is 12.1. The highest BCUT2D eigenvalue weighted by atomic mass is 32.2. The van der Waals surface area contributed by atoms with Crippen LogP contribution in [-0.2, 0) is 14.8 Å². The van der Waals surface area contributed by atoms with Gasteiger partial charge in [-0.05, 0) is 12.1 Å². The van der Waals surface area contributed by atoms with Crippen LogP contribution < -0.4 is 4.72 Å². The molecule has 0 aliphatic carbocycles. The number of hydrogen-bond acceptors (Lipinski definition) is 7. The second kappa shape index (κ2) is 5.88. The molecule has 9 heteroatoms. The van der Waals surface area contributed by atoms with Crippen molar-refractivity contribution in [3.63, 3.8) is 0 Å². The summed E-state index contributed by atoms with van der Waals surface area (Å²) in [7, 11) is -2.30. The van der Waals surface area contributed by atoms with Crippen LogP contribution in [0.2, 0.25) is 0 Å². The van der Waals surface area contributed by atoms with Crippen molar-refractivity contribution in [3.05, 3.63) is 18.2 Å². The van der Waals surface area contributed by atoms with Crippen LogP contribution in [0.4, 0.5) is 0 Å². The van der Waals surface area contributed by atoms with Crippen LogP contribution in [0.3, 0.4) is 0 Å². The van der Waals surface area contributed by atoms with Gasteiger partial charge in [0.2, 0.25) is 10.0 Å². The zero-order chi connectivity index (χ0) is 13.9. The third kappa shape index (κ3) is 3.25. The van der Waals surface area contributed by atoms with E-state index in [4.69, 9.17) is 4.74 Å². The molecular formula is C10H13N3O4S2. The lowest BCUT2D eigenvalue weighted by atomic mass is 10.3. The van der Waals surface area contributed by atoms with Gasteiger partial charge in [0.25, 0.3) is 0 Å². The van der Waals surface area contributed by atoms with Gasteiger partial charge < -0.3 is 9.84 Å². The third-order valence-corrected chi connectivity index (χ3v) is 4.40. The third-order valence-electron chi connectivity index (χ3n) is 2.41. The first-order valence-electron chi connectivity index (χ1n) is 5.42. The van der Waals surface area contributed by atoms with Crippen LogP contribution in [0, 0.1) is 0 Å². The highest BCUT2D eigenvalue weighted by Crippen LogP contribution is 2.20. The van der Waals surface area contributed by atoms with Crippen LogP contribution in [-0.4, -0.2) is 48.6 Å². The highest BCUT2D eigenvalue weighted by molar-refractivity contribution is 7.89. The van der Waals surface area contributed by atoms with Crippen molar-refractivity contribution in [2.24, 2.45) is 0 Å². The fourth-order valence-corrected chi connectivity index (χ4v) is 3.37. The molecule has 104 valence electrons. The maximum absolute atomic E-state index is 12.1. The van der Waals surface area contributed by atoms with Gasteiger partial charge in [0, 0.05) is 13.7 Å². The topological polar surface area (TPSA) is 101 Å². The Bertz CT molecular complexity index is 656. The average molecular weight is 303 g/mol. The summed E-state index contributed by atoms with van der Waals surface area (Å²) in [5, 5.41) is 9.45. The van der Waals surface area contributed by atoms with Crippen LogP contribution in [0.25, 0.3) is 11.0 Å². The first-order chi connectivity index (χ1) is 9.04. The summed E-state index contributed by atoms with van der Waals surface area (Å²) in [5.74, 6) is 0. The second-order valence-electron chi connectivity index (χ2n) is 3.85. The van der Waals surface area contributed by atoms with Gasteiger partial charge in [-0.2, -0.15) is 8.75 Å². The van der Waals surface area contributed by atoms with Crippen molar-refractivity contribution in [1.29, 1.82) is 0 Å². The number of benzene rings is 1. The summed E-state index contributed by atoms with van der Waals surface area (Å²) in [6.45, 7) is -0.0604. The van der Waals surface area contributed by atoms with E-state index in [-0.39, 0.29) is 18.0 Å². The lowest BCUT2D eigenvalue weighted by Gasteiger charge is -2.11. The van der Waals surface area contributed by atoms with Crippen LogP contribution in [0.5, 0.6) is 0 Å². The van der Waals surface area contributed by atoms with Crippen molar-refractivity contribution >= 4 is 32.8 Å². The molecule has 1 aromatic carbocycles. The number of hydrogen-bond donors (Lipinski definition) is 2. The van der Waals surface area contributed by atoms with Gasteiger partial charge in [0.05, 0.1) is 24.4 Å². The molecule has 0 aliphatic heterocycles. The first kappa shape index (κ1) is 14.3. The molecule has 2 rings (SSSR count). The molecule has 0 aliphatic rings. The number of nitrogens with zero attached hydrogens (tertiary/aromatic N) is 2. The maximum Gasteiger partial charge on any atom is 0.242 e. The Balaban J connectivity index is 2.22. The van der Waals surface area contributed by atoms with Crippen molar-refractivity contribution in [1.82, 2.24) is 13.5 Å². The summed E-state index contributed by atoms with van der Waals surface area (Å²) in [6.07, 6.45) is -0.896. The van der Waals surface area contributed by atoms with Gasteiger partial charge in [-0.15, -0.1) is 0 Å². The Labute approximate surface area is 114 Å². The molecule has 0 saturated heterocycles. The molecule has 7 nitrogen and oxygen atoms in total. The van der Waals surface area contributed by atoms with E-state index in [2.05, 4.69) is 13.5 Å². The highest BCUT2D eigenvalue weighted by Gasteiger charge is 2.20. The van der Waals surface area contributed by atoms with Crippen molar-refractivity contribution in [3.8, 4) is 0 Å². The van der Waals surface area contributed by atoms with E-state index in [9.17, 15) is 13.5 Å². The second-order valence-corrected chi connectivity index (χ2v) is 6.11. The molecule has 0 radical (unpaired) electrons. The molecule has 19 heavy (non-hydrogen) atoms. The van der Waals surface area contributed by atoms with Gasteiger partial charge in [-0.25, -0.2) is 13.1 Å². The van der Waals surface area contributed by atoms with E-state index in [0.29, 0.717) is 11.0 Å². The van der Waals surface area contributed by atoms with Crippen molar-refractivity contribution in [2.75, 3.05) is 20.3 Å². The average Bonchev–Trinajstić information content (AvgIpc) is 2.84. The smallest absolute Gasteiger partial charge is 0.242 e. The minimum absolute atomic E-state index is 0.0587. The number of aromatic nitrogens is 2. The van der Waals surface area contributed by atoms with E-state index >= 15 is 0 Å². The van der Waals surface area contributed by atoms with Crippen LogP contribution >= 0.6 is 11.7 Å². The number of aliphatic hydroxyl groups excluding tert-OH is 1. The summed E-state index contributed by atoms with van der Waals surface area (Å²) < 4.78 is 39.3. The number of nitrogens with one attached hydrogen (secondary N) is 1. The molecular weight excluding hydrogens is 290 g/mol. The van der Waals surface area contributed by atoms with E-state index in [1.165, 1.54) is 13.2 Å². The van der Waals surface area contributed by atoms with Gasteiger partial charge in [-0.1, -0.05) is 6.07 Å². The van der Waals surface area contributed by atoms with Gasteiger partial charge >= 0.3 is 0 Å². The number of ether oxygens (including phenoxy) is 1. The Morgan fingerprint density at radius 1 is 1.47 bits per heavy atom. The Hall–Kier alpha value is -1.13. The molecule has 1 aromatic heterocycles. The molecule has 2 N–H and O–H groups in total. The fourth-order valence-electron chi connectivity index (χ4n) is 1.53. The van der Waals surface area contributed by atoms with Crippen molar-refractivity contribution < 1.29 is 18.3 Å². The summed E-state index contributed by atoms with van der Waals surface area (Å²) in [4.78, 5) is 0.0587. The predicted octanol–water partition coefficient (Wildman–Crippen LogP) is -0.0231. The summed E-state index contributed by atoms with van der Waals surface area (Å²) >= 11 is 0.954. The SMILES string of the molecule is COCC(O)CNS(=O)(=O)c1cccc2nsnc12. The van der Waals surface area contributed by atoms with Gasteiger partial charge in [-0.3, -0.25) is 0 Å².